The van der Waals surface area contributed by atoms with E-state index in [4.69, 9.17) is 14.2 Å². The van der Waals surface area contributed by atoms with Gasteiger partial charge in [0.05, 0.1) is 25.5 Å². The SMILES string of the molecule is COc1ccnc(CNC2CCCC(OCc3ccccc3)C(CCC(C)C)C(C)OC2=O)c1O. The fourth-order valence-electron chi connectivity index (χ4n) is 4.62. The summed E-state index contributed by atoms with van der Waals surface area (Å²) in [6, 6.07) is 11.3. The number of carbonyl (C=O) groups excluding carboxylic acids is 1. The van der Waals surface area contributed by atoms with E-state index in [1.165, 1.54) is 7.11 Å². The minimum Gasteiger partial charge on any atom is -0.503 e. The van der Waals surface area contributed by atoms with Crippen molar-refractivity contribution in [2.75, 3.05) is 7.11 Å². The highest BCUT2D eigenvalue weighted by Gasteiger charge is 2.34. The lowest BCUT2D eigenvalue weighted by atomic mass is 9.86. The van der Waals surface area contributed by atoms with Gasteiger partial charge in [-0.3, -0.25) is 15.1 Å². The molecule has 7 heteroatoms. The van der Waals surface area contributed by atoms with Gasteiger partial charge in [-0.2, -0.15) is 0 Å². The van der Waals surface area contributed by atoms with E-state index in [1.54, 1.807) is 12.3 Å². The van der Waals surface area contributed by atoms with Crippen LogP contribution >= 0.6 is 0 Å². The number of rotatable bonds is 10. The summed E-state index contributed by atoms with van der Waals surface area (Å²) < 4.78 is 17.6. The molecule has 1 aromatic carbocycles. The molecule has 35 heavy (non-hydrogen) atoms. The van der Waals surface area contributed by atoms with Crippen molar-refractivity contribution in [2.24, 2.45) is 11.8 Å². The minimum absolute atomic E-state index is 0.0135. The molecule has 1 fully saturated rings. The number of pyridine rings is 1. The van der Waals surface area contributed by atoms with Gasteiger partial charge < -0.3 is 19.3 Å². The van der Waals surface area contributed by atoms with E-state index in [2.05, 4.69) is 36.3 Å². The Hall–Kier alpha value is -2.64. The van der Waals surface area contributed by atoms with Crippen molar-refractivity contribution in [3.8, 4) is 11.5 Å². The molecule has 0 spiro atoms. The Bertz CT molecular complexity index is 921. The van der Waals surface area contributed by atoms with Gasteiger partial charge >= 0.3 is 5.97 Å². The predicted molar refractivity (Wildman–Crippen MR) is 135 cm³/mol. The molecular weight excluding hydrogens is 444 g/mol. The molecule has 2 N–H and O–H groups in total. The van der Waals surface area contributed by atoms with Gasteiger partial charge in [-0.05, 0) is 44.1 Å². The molecule has 0 bridgehead atoms. The first-order valence-corrected chi connectivity index (χ1v) is 12.7. The van der Waals surface area contributed by atoms with Gasteiger partial charge in [-0.15, -0.1) is 0 Å². The minimum atomic E-state index is -0.483. The largest absolute Gasteiger partial charge is 0.503 e. The van der Waals surface area contributed by atoms with E-state index in [1.807, 2.05) is 25.1 Å². The molecule has 1 saturated heterocycles. The van der Waals surface area contributed by atoms with Crippen LogP contribution in [0.1, 0.15) is 64.1 Å². The van der Waals surface area contributed by atoms with Crippen LogP contribution in [0.3, 0.4) is 0 Å². The van der Waals surface area contributed by atoms with Crippen LogP contribution in [-0.4, -0.2) is 41.4 Å². The summed E-state index contributed by atoms with van der Waals surface area (Å²) in [7, 11) is 1.50. The first-order chi connectivity index (χ1) is 16.9. The van der Waals surface area contributed by atoms with Crippen LogP contribution in [0.25, 0.3) is 0 Å². The third-order valence-electron chi connectivity index (χ3n) is 6.73. The maximum Gasteiger partial charge on any atom is 0.323 e. The number of nitrogens with one attached hydrogen (secondary N) is 1. The number of aromatic hydroxyl groups is 1. The smallest absolute Gasteiger partial charge is 0.323 e. The van der Waals surface area contributed by atoms with Crippen LogP contribution in [0.4, 0.5) is 0 Å². The van der Waals surface area contributed by atoms with E-state index in [9.17, 15) is 9.90 Å². The lowest BCUT2D eigenvalue weighted by Gasteiger charge is -2.31. The van der Waals surface area contributed by atoms with E-state index in [-0.39, 0.29) is 36.4 Å². The summed E-state index contributed by atoms with van der Waals surface area (Å²) in [6.45, 7) is 7.20. The Morgan fingerprint density at radius 3 is 2.69 bits per heavy atom. The first kappa shape index (κ1) is 27.0. The van der Waals surface area contributed by atoms with E-state index in [0.717, 1.165) is 31.2 Å². The molecule has 0 aliphatic carbocycles. The molecular formula is C28H40N2O5. The number of ether oxygens (including phenoxy) is 3. The lowest BCUT2D eigenvalue weighted by Crippen LogP contribution is -2.40. The second-order valence-electron chi connectivity index (χ2n) is 9.79. The predicted octanol–water partition coefficient (Wildman–Crippen LogP) is 5.01. The van der Waals surface area contributed by atoms with Gasteiger partial charge in [0.25, 0.3) is 0 Å². The quantitative estimate of drug-likeness (QED) is 0.458. The molecule has 2 aromatic rings. The highest BCUT2D eigenvalue weighted by molar-refractivity contribution is 5.76. The van der Waals surface area contributed by atoms with Crippen LogP contribution < -0.4 is 10.1 Å². The molecule has 0 radical (unpaired) electrons. The number of nitrogens with zero attached hydrogens (tertiary/aromatic N) is 1. The lowest BCUT2D eigenvalue weighted by molar-refractivity contribution is -0.156. The Labute approximate surface area is 209 Å². The van der Waals surface area contributed by atoms with Crippen LogP contribution in [-0.2, 0) is 27.4 Å². The van der Waals surface area contributed by atoms with Crippen LogP contribution in [0.5, 0.6) is 11.5 Å². The summed E-state index contributed by atoms with van der Waals surface area (Å²) >= 11 is 0. The molecule has 1 aromatic heterocycles. The standard InChI is InChI=1S/C28H40N2O5/c1-19(2)13-14-22-20(3)35-28(32)23(30-17-24-27(31)26(33-4)15-16-29-24)11-8-12-25(22)34-18-21-9-6-5-7-10-21/h5-7,9-10,15-16,19-20,22-23,25,30-31H,8,11-14,17-18H2,1-4H3. The number of esters is 1. The van der Waals surface area contributed by atoms with Gasteiger partial charge in [0.2, 0.25) is 0 Å². The number of cyclic esters (lactones) is 1. The van der Waals surface area contributed by atoms with E-state index in [0.29, 0.717) is 30.4 Å². The molecule has 0 amide bonds. The van der Waals surface area contributed by atoms with E-state index >= 15 is 0 Å². The van der Waals surface area contributed by atoms with E-state index < -0.39 is 6.04 Å². The highest BCUT2D eigenvalue weighted by atomic mass is 16.5. The average molecular weight is 485 g/mol. The summed E-state index contributed by atoms with van der Waals surface area (Å²) in [5, 5.41) is 13.6. The first-order valence-electron chi connectivity index (χ1n) is 12.7. The number of hydrogen-bond acceptors (Lipinski definition) is 7. The number of benzene rings is 1. The highest BCUT2D eigenvalue weighted by Crippen LogP contribution is 2.30. The van der Waals surface area contributed by atoms with Gasteiger partial charge in [-0.1, -0.05) is 50.6 Å². The second kappa shape index (κ2) is 13.4. The summed E-state index contributed by atoms with van der Waals surface area (Å²) in [5.41, 5.74) is 1.58. The molecule has 3 rings (SSSR count). The van der Waals surface area contributed by atoms with Crippen molar-refractivity contribution < 1.29 is 24.1 Å². The van der Waals surface area contributed by atoms with Crippen LogP contribution in [0.15, 0.2) is 42.6 Å². The molecule has 4 unspecified atom stereocenters. The Kier molecular flexibility index (Phi) is 10.4. The Morgan fingerprint density at radius 1 is 1.20 bits per heavy atom. The topological polar surface area (TPSA) is 89.9 Å². The Balaban J connectivity index is 1.69. The zero-order valence-corrected chi connectivity index (χ0v) is 21.4. The van der Waals surface area contributed by atoms with Crippen molar-refractivity contribution >= 4 is 5.97 Å². The number of aromatic nitrogens is 1. The number of hydrogen-bond donors (Lipinski definition) is 2. The molecule has 4 atom stereocenters. The van der Waals surface area contributed by atoms with Crippen molar-refractivity contribution in [1.82, 2.24) is 10.3 Å². The van der Waals surface area contributed by atoms with Crippen LogP contribution in [0, 0.1) is 11.8 Å². The maximum atomic E-state index is 13.1. The summed E-state index contributed by atoms with van der Waals surface area (Å²) in [6.07, 6.45) is 5.65. The third kappa shape index (κ3) is 7.94. The molecule has 1 aliphatic heterocycles. The molecule has 192 valence electrons. The van der Waals surface area contributed by atoms with Crippen LogP contribution in [0.2, 0.25) is 0 Å². The average Bonchev–Trinajstić information content (AvgIpc) is 2.89. The van der Waals surface area contributed by atoms with Crippen molar-refractivity contribution in [3.63, 3.8) is 0 Å². The van der Waals surface area contributed by atoms with Gasteiger partial charge in [0.1, 0.15) is 12.1 Å². The maximum absolute atomic E-state index is 13.1. The summed E-state index contributed by atoms with van der Waals surface area (Å²) in [5.74, 6) is 0.771. The normalized spacial score (nSPS) is 23.3. The number of methoxy groups -OCH3 is 1. The third-order valence-corrected chi connectivity index (χ3v) is 6.73. The van der Waals surface area contributed by atoms with Crippen molar-refractivity contribution in [1.29, 1.82) is 0 Å². The molecule has 0 saturated carbocycles. The van der Waals surface area contributed by atoms with Gasteiger partial charge in [0.15, 0.2) is 11.5 Å². The Morgan fingerprint density at radius 2 is 1.97 bits per heavy atom. The monoisotopic (exact) mass is 484 g/mol. The molecule has 2 heterocycles. The van der Waals surface area contributed by atoms with Crippen molar-refractivity contribution in [2.45, 2.75) is 84.3 Å². The molecule has 7 nitrogen and oxygen atoms in total. The fraction of sp³-hybridized carbons (Fsp3) is 0.571. The van der Waals surface area contributed by atoms with Crippen molar-refractivity contribution in [3.05, 3.63) is 53.9 Å². The number of carbonyl (C=O) groups is 1. The zero-order chi connectivity index (χ0) is 25.2. The molecule has 1 aliphatic rings. The summed E-state index contributed by atoms with van der Waals surface area (Å²) in [4.78, 5) is 17.3. The fourth-order valence-corrected chi connectivity index (χ4v) is 4.62. The second-order valence-corrected chi connectivity index (χ2v) is 9.79. The zero-order valence-electron chi connectivity index (χ0n) is 21.4. The van der Waals surface area contributed by atoms with Gasteiger partial charge in [0, 0.05) is 24.7 Å². The van der Waals surface area contributed by atoms with Gasteiger partial charge in [-0.25, -0.2) is 0 Å².